The van der Waals surface area contributed by atoms with Crippen LogP contribution in [-0.4, -0.2) is 15.9 Å². The molecule has 0 amide bonds. The minimum absolute atomic E-state index is 0.375. The molecule has 0 saturated heterocycles. The van der Waals surface area contributed by atoms with E-state index in [2.05, 4.69) is 15.3 Å². The molecule has 6 heteroatoms. The number of carbonyl (C=O) groups excluding carboxylic acids is 1. The van der Waals surface area contributed by atoms with E-state index in [1.54, 1.807) is 24.3 Å². The Hall–Kier alpha value is -2.63. The second-order valence-corrected chi connectivity index (χ2v) is 3.81. The molecule has 3 rings (SSSR count). The highest BCUT2D eigenvalue weighted by atomic mass is 16.6. The van der Waals surface area contributed by atoms with Gasteiger partial charge in [0.15, 0.2) is 0 Å². The van der Waals surface area contributed by atoms with Crippen LogP contribution in [0.4, 0.5) is 5.82 Å². The van der Waals surface area contributed by atoms with Crippen molar-refractivity contribution in [2.24, 2.45) is 0 Å². The maximum atomic E-state index is 11.6. The number of benzene rings is 1. The highest BCUT2D eigenvalue weighted by Crippen LogP contribution is 2.30. The quantitative estimate of drug-likeness (QED) is 0.770. The first-order valence-electron chi connectivity index (χ1n) is 5.36. The first kappa shape index (κ1) is 10.5. The molecule has 6 nitrogen and oxygen atoms in total. The molecule has 0 saturated carbocycles. The number of hydrogen-bond donors (Lipinski definition) is 2. The summed E-state index contributed by atoms with van der Waals surface area (Å²) in [6.45, 7) is 0. The van der Waals surface area contributed by atoms with Gasteiger partial charge >= 0.3 is 11.7 Å². The maximum Gasteiger partial charge on any atom is 0.346 e. The van der Waals surface area contributed by atoms with E-state index in [0.717, 1.165) is 5.56 Å². The Bertz CT molecular complexity index is 665. The van der Waals surface area contributed by atoms with Crippen molar-refractivity contribution in [1.82, 2.24) is 9.97 Å². The number of carbonyl (C=O) groups is 1. The van der Waals surface area contributed by atoms with E-state index in [0.29, 0.717) is 11.4 Å². The molecule has 0 spiro atoms. The van der Waals surface area contributed by atoms with Crippen LogP contribution in [0.25, 0.3) is 0 Å². The Morgan fingerprint density at radius 1 is 1.22 bits per heavy atom. The number of H-pyrrole nitrogens is 1. The molecule has 1 aliphatic rings. The lowest BCUT2D eigenvalue weighted by Crippen LogP contribution is -2.16. The van der Waals surface area contributed by atoms with Gasteiger partial charge in [-0.05, 0) is 12.1 Å². The Morgan fingerprint density at radius 3 is 2.89 bits per heavy atom. The van der Waals surface area contributed by atoms with Crippen LogP contribution in [0.1, 0.15) is 22.1 Å². The number of rotatable bonds is 2. The van der Waals surface area contributed by atoms with E-state index in [1.165, 1.54) is 6.20 Å². The molecule has 0 aliphatic carbocycles. The van der Waals surface area contributed by atoms with Crippen molar-refractivity contribution in [1.29, 1.82) is 0 Å². The lowest BCUT2D eigenvalue weighted by molar-refractivity contribution is 0.0436. The fourth-order valence-corrected chi connectivity index (χ4v) is 1.85. The number of aromatic nitrogens is 2. The summed E-state index contributed by atoms with van der Waals surface area (Å²) >= 11 is 0. The molecule has 2 aromatic rings. The third kappa shape index (κ3) is 1.73. The van der Waals surface area contributed by atoms with Crippen molar-refractivity contribution in [2.75, 3.05) is 5.32 Å². The highest BCUT2D eigenvalue weighted by molar-refractivity contribution is 5.94. The topological polar surface area (TPSA) is 84.1 Å². The molecular weight excluding hydrogens is 234 g/mol. The SMILES string of the molecule is O=C1OC(Nc2ccnc(=O)[nH]2)c2ccccc21. The number of esters is 1. The van der Waals surface area contributed by atoms with Crippen molar-refractivity contribution in [3.63, 3.8) is 0 Å². The number of cyclic esters (lactones) is 1. The van der Waals surface area contributed by atoms with Gasteiger partial charge < -0.3 is 10.1 Å². The van der Waals surface area contributed by atoms with Crippen LogP contribution in [0, 0.1) is 0 Å². The second-order valence-electron chi connectivity index (χ2n) is 3.81. The van der Waals surface area contributed by atoms with Crippen LogP contribution in [0.5, 0.6) is 0 Å². The average Bonchev–Trinajstić information content (AvgIpc) is 2.67. The molecule has 18 heavy (non-hydrogen) atoms. The monoisotopic (exact) mass is 243 g/mol. The summed E-state index contributed by atoms with van der Waals surface area (Å²) in [5, 5.41) is 2.93. The number of nitrogens with one attached hydrogen (secondary N) is 2. The standard InChI is InChI=1S/C12H9N3O3/c16-11-8-4-2-1-3-7(8)10(18-11)14-9-5-6-13-12(17)15-9/h1-6,10H,(H2,13,14,15,17). The molecule has 0 bridgehead atoms. The molecule has 2 heterocycles. The highest BCUT2D eigenvalue weighted by Gasteiger charge is 2.30. The summed E-state index contributed by atoms with van der Waals surface area (Å²) in [7, 11) is 0. The van der Waals surface area contributed by atoms with Crippen LogP contribution in [0.2, 0.25) is 0 Å². The summed E-state index contributed by atoms with van der Waals surface area (Å²) in [5.41, 5.74) is 0.823. The fourth-order valence-electron chi connectivity index (χ4n) is 1.85. The zero-order chi connectivity index (χ0) is 12.5. The predicted molar refractivity (Wildman–Crippen MR) is 63.1 cm³/mol. The third-order valence-electron chi connectivity index (χ3n) is 2.65. The van der Waals surface area contributed by atoms with E-state index in [-0.39, 0.29) is 5.97 Å². The zero-order valence-corrected chi connectivity index (χ0v) is 9.21. The molecule has 1 unspecified atom stereocenters. The predicted octanol–water partition coefficient (Wildman–Crippen LogP) is 1.05. The van der Waals surface area contributed by atoms with Gasteiger partial charge in [-0.15, -0.1) is 0 Å². The van der Waals surface area contributed by atoms with Gasteiger partial charge in [0, 0.05) is 11.8 Å². The van der Waals surface area contributed by atoms with E-state index < -0.39 is 11.9 Å². The van der Waals surface area contributed by atoms with Crippen molar-refractivity contribution in [2.45, 2.75) is 6.23 Å². The van der Waals surface area contributed by atoms with E-state index in [4.69, 9.17) is 4.74 Å². The molecule has 1 aliphatic heterocycles. The Kier molecular flexibility index (Phi) is 2.33. The molecule has 1 aromatic carbocycles. The number of ether oxygens (including phenoxy) is 1. The van der Waals surface area contributed by atoms with Gasteiger partial charge in [0.05, 0.1) is 5.56 Å². The van der Waals surface area contributed by atoms with E-state index in [1.807, 2.05) is 6.07 Å². The molecule has 0 radical (unpaired) electrons. The average molecular weight is 243 g/mol. The smallest absolute Gasteiger partial charge is 0.346 e. The summed E-state index contributed by atoms with van der Waals surface area (Å²) in [6.07, 6.45) is 0.788. The van der Waals surface area contributed by atoms with Crippen molar-refractivity contribution >= 4 is 11.8 Å². The number of hydrogen-bond acceptors (Lipinski definition) is 5. The van der Waals surface area contributed by atoms with Crippen LogP contribution in [-0.2, 0) is 4.74 Å². The molecule has 90 valence electrons. The van der Waals surface area contributed by atoms with Crippen LogP contribution < -0.4 is 11.0 Å². The van der Waals surface area contributed by atoms with Gasteiger partial charge in [0.1, 0.15) is 5.82 Å². The lowest BCUT2D eigenvalue weighted by atomic mass is 10.1. The van der Waals surface area contributed by atoms with E-state index >= 15 is 0 Å². The minimum atomic E-state index is -0.591. The Balaban J connectivity index is 1.92. The lowest BCUT2D eigenvalue weighted by Gasteiger charge is -2.13. The number of anilines is 1. The Labute approximate surface area is 102 Å². The fraction of sp³-hybridized carbons (Fsp3) is 0.0833. The number of fused-ring (bicyclic) bond motifs is 1. The summed E-state index contributed by atoms with van der Waals surface area (Å²) < 4.78 is 5.18. The van der Waals surface area contributed by atoms with Crippen molar-refractivity contribution < 1.29 is 9.53 Å². The largest absolute Gasteiger partial charge is 0.434 e. The van der Waals surface area contributed by atoms with Crippen molar-refractivity contribution in [3.8, 4) is 0 Å². The second kappa shape index (κ2) is 3.99. The zero-order valence-electron chi connectivity index (χ0n) is 9.21. The van der Waals surface area contributed by atoms with Gasteiger partial charge in [0.25, 0.3) is 0 Å². The third-order valence-corrected chi connectivity index (χ3v) is 2.65. The molecular formula is C12H9N3O3. The molecule has 1 aromatic heterocycles. The summed E-state index contributed by atoms with van der Waals surface area (Å²) in [6, 6.07) is 8.70. The first-order valence-corrected chi connectivity index (χ1v) is 5.36. The Morgan fingerprint density at radius 2 is 2.06 bits per heavy atom. The molecule has 0 fully saturated rings. The normalized spacial score (nSPS) is 17.1. The van der Waals surface area contributed by atoms with Crippen molar-refractivity contribution in [3.05, 3.63) is 58.1 Å². The molecule has 2 N–H and O–H groups in total. The van der Waals surface area contributed by atoms with Gasteiger partial charge in [-0.3, -0.25) is 4.98 Å². The van der Waals surface area contributed by atoms with Crippen LogP contribution in [0.15, 0.2) is 41.3 Å². The summed E-state index contributed by atoms with van der Waals surface area (Å²) in [5.74, 6) is 0.0732. The maximum absolute atomic E-state index is 11.6. The minimum Gasteiger partial charge on any atom is -0.434 e. The van der Waals surface area contributed by atoms with Gasteiger partial charge in [0.2, 0.25) is 6.23 Å². The first-order chi connectivity index (χ1) is 8.74. The van der Waals surface area contributed by atoms with Crippen LogP contribution in [0.3, 0.4) is 0 Å². The van der Waals surface area contributed by atoms with Gasteiger partial charge in [-0.25, -0.2) is 14.6 Å². The van der Waals surface area contributed by atoms with Gasteiger partial charge in [-0.2, -0.15) is 0 Å². The van der Waals surface area contributed by atoms with Gasteiger partial charge in [-0.1, -0.05) is 18.2 Å². The number of nitrogens with zero attached hydrogens (tertiary/aromatic N) is 1. The van der Waals surface area contributed by atoms with Crippen LogP contribution >= 0.6 is 0 Å². The van der Waals surface area contributed by atoms with E-state index in [9.17, 15) is 9.59 Å². The summed E-state index contributed by atoms with van der Waals surface area (Å²) in [4.78, 5) is 28.7. The number of aromatic amines is 1. The molecule has 1 atom stereocenters.